The van der Waals surface area contributed by atoms with Gasteiger partial charge in [0.15, 0.2) is 5.11 Å². The minimum atomic E-state index is -0.503. The third kappa shape index (κ3) is 5.41. The molecule has 0 saturated heterocycles. The Bertz CT molecular complexity index is 809. The summed E-state index contributed by atoms with van der Waals surface area (Å²) in [5.41, 5.74) is 1.05. The lowest BCUT2D eigenvalue weighted by molar-refractivity contribution is -0.384. The molecule has 0 aliphatic carbocycles. The van der Waals surface area contributed by atoms with Crippen molar-refractivity contribution in [3.63, 3.8) is 0 Å². The molecule has 1 aromatic heterocycles. The van der Waals surface area contributed by atoms with Crippen LogP contribution in [0.1, 0.15) is 5.56 Å². The number of halogens is 1. The lowest BCUT2D eigenvalue weighted by Crippen LogP contribution is -2.32. The van der Waals surface area contributed by atoms with Crippen LogP contribution in [0.2, 0.25) is 5.15 Å². The second-order valence-electron chi connectivity index (χ2n) is 4.50. The van der Waals surface area contributed by atoms with Crippen LogP contribution in [0.15, 0.2) is 48.7 Å². The average molecular weight is 363 g/mol. The van der Waals surface area contributed by atoms with E-state index in [2.05, 4.69) is 15.6 Å². The van der Waals surface area contributed by atoms with E-state index in [4.69, 9.17) is 23.8 Å². The number of amides is 1. The predicted octanol–water partition coefficient (Wildman–Crippen LogP) is 3.17. The second kappa shape index (κ2) is 8.14. The van der Waals surface area contributed by atoms with Crippen LogP contribution < -0.4 is 10.6 Å². The van der Waals surface area contributed by atoms with Crippen LogP contribution in [-0.2, 0) is 4.79 Å². The minimum Gasteiger partial charge on any atom is -0.331 e. The van der Waals surface area contributed by atoms with Crippen molar-refractivity contribution in [3.05, 3.63) is 69.5 Å². The molecule has 2 aromatic rings. The van der Waals surface area contributed by atoms with E-state index in [0.29, 0.717) is 16.4 Å². The van der Waals surface area contributed by atoms with Gasteiger partial charge in [-0.3, -0.25) is 20.2 Å². The molecule has 0 bridgehead atoms. The third-order valence-electron chi connectivity index (χ3n) is 2.73. The number of thiocarbonyl (C=S) groups is 1. The van der Waals surface area contributed by atoms with E-state index >= 15 is 0 Å². The molecule has 1 amide bonds. The molecular weight excluding hydrogens is 352 g/mol. The van der Waals surface area contributed by atoms with Crippen LogP contribution in [-0.4, -0.2) is 20.9 Å². The maximum absolute atomic E-state index is 11.8. The largest absolute Gasteiger partial charge is 0.331 e. The molecule has 0 radical (unpaired) electrons. The average Bonchev–Trinajstić information content (AvgIpc) is 2.55. The summed E-state index contributed by atoms with van der Waals surface area (Å²) in [5.74, 6) is -0.471. The number of nitrogens with one attached hydrogen (secondary N) is 2. The zero-order valence-electron chi connectivity index (χ0n) is 12.1. The Morgan fingerprint density at radius 1 is 1.33 bits per heavy atom. The van der Waals surface area contributed by atoms with Gasteiger partial charge in [-0.25, -0.2) is 4.98 Å². The lowest BCUT2D eigenvalue weighted by atomic mass is 10.2. The van der Waals surface area contributed by atoms with Crippen molar-refractivity contribution in [1.29, 1.82) is 0 Å². The molecule has 0 unspecified atom stereocenters. The fourth-order valence-corrected chi connectivity index (χ4v) is 2.01. The molecule has 0 saturated carbocycles. The summed E-state index contributed by atoms with van der Waals surface area (Å²) in [6, 6.07) is 9.15. The minimum absolute atomic E-state index is 0.0509. The topological polar surface area (TPSA) is 97.2 Å². The second-order valence-corrected chi connectivity index (χ2v) is 5.29. The molecule has 2 rings (SSSR count). The Morgan fingerprint density at radius 2 is 2.12 bits per heavy atom. The molecule has 0 aliphatic rings. The first-order chi connectivity index (χ1) is 11.4. The fourth-order valence-electron chi connectivity index (χ4n) is 1.68. The summed E-state index contributed by atoms with van der Waals surface area (Å²) in [6.45, 7) is 0. The Labute approximate surface area is 147 Å². The van der Waals surface area contributed by atoms with Crippen molar-refractivity contribution in [2.45, 2.75) is 0 Å². The summed E-state index contributed by atoms with van der Waals surface area (Å²) < 4.78 is 0. The first kappa shape index (κ1) is 17.5. The maximum Gasteiger partial charge on any atom is 0.270 e. The monoisotopic (exact) mass is 362 g/mol. The zero-order chi connectivity index (χ0) is 17.5. The highest BCUT2D eigenvalue weighted by Gasteiger charge is 2.05. The van der Waals surface area contributed by atoms with Crippen molar-refractivity contribution in [3.8, 4) is 0 Å². The molecular formula is C15H11ClN4O3S. The SMILES string of the molecule is O=C(/C=C/c1cccc([N+](=O)[O-])c1)NC(=S)Nc1ccc(Cl)nc1. The number of carbonyl (C=O) groups excluding carboxylic acids is 1. The summed E-state index contributed by atoms with van der Waals surface area (Å²) >= 11 is 10.7. The number of pyridine rings is 1. The number of benzene rings is 1. The number of nitro groups is 1. The molecule has 0 aliphatic heterocycles. The summed E-state index contributed by atoms with van der Waals surface area (Å²) in [6.07, 6.45) is 4.15. The molecule has 9 heteroatoms. The van der Waals surface area contributed by atoms with Crippen LogP contribution in [0, 0.1) is 10.1 Å². The van der Waals surface area contributed by atoms with E-state index in [1.807, 2.05) is 0 Å². The Balaban J connectivity index is 1.92. The number of non-ortho nitro benzene ring substituents is 1. The highest BCUT2D eigenvalue weighted by atomic mass is 35.5. The number of rotatable bonds is 4. The van der Waals surface area contributed by atoms with Gasteiger partial charge in [0.05, 0.1) is 16.8 Å². The van der Waals surface area contributed by atoms with Crippen molar-refractivity contribution in [2.24, 2.45) is 0 Å². The van der Waals surface area contributed by atoms with Gasteiger partial charge in [0.1, 0.15) is 5.15 Å². The van der Waals surface area contributed by atoms with E-state index in [0.717, 1.165) is 0 Å². The normalized spacial score (nSPS) is 10.4. The van der Waals surface area contributed by atoms with Gasteiger partial charge in [-0.2, -0.15) is 0 Å². The molecule has 1 heterocycles. The lowest BCUT2D eigenvalue weighted by Gasteiger charge is -2.07. The fraction of sp³-hybridized carbons (Fsp3) is 0. The summed E-state index contributed by atoms with van der Waals surface area (Å²) in [4.78, 5) is 25.9. The number of hydrogen-bond acceptors (Lipinski definition) is 5. The molecule has 0 fully saturated rings. The highest BCUT2D eigenvalue weighted by molar-refractivity contribution is 7.80. The summed E-state index contributed by atoms with van der Waals surface area (Å²) in [5, 5.41) is 16.4. The smallest absolute Gasteiger partial charge is 0.270 e. The van der Waals surface area contributed by atoms with Gasteiger partial charge in [-0.15, -0.1) is 0 Å². The van der Waals surface area contributed by atoms with Gasteiger partial charge in [-0.05, 0) is 36.0 Å². The Kier molecular flexibility index (Phi) is 5.94. The molecule has 0 spiro atoms. The number of nitro benzene ring substituents is 1. The van der Waals surface area contributed by atoms with Gasteiger partial charge in [0.2, 0.25) is 5.91 Å². The molecule has 122 valence electrons. The van der Waals surface area contributed by atoms with Crippen molar-refractivity contribution < 1.29 is 9.72 Å². The van der Waals surface area contributed by atoms with Crippen LogP contribution in [0.5, 0.6) is 0 Å². The van der Waals surface area contributed by atoms with Gasteiger partial charge >= 0.3 is 0 Å². The molecule has 7 nitrogen and oxygen atoms in total. The van der Waals surface area contributed by atoms with Gasteiger partial charge in [0.25, 0.3) is 5.69 Å². The number of anilines is 1. The molecule has 0 atom stereocenters. The molecule has 2 N–H and O–H groups in total. The van der Waals surface area contributed by atoms with Gasteiger partial charge < -0.3 is 5.32 Å². The van der Waals surface area contributed by atoms with E-state index in [1.165, 1.54) is 36.5 Å². The number of hydrogen-bond donors (Lipinski definition) is 2. The molecule has 24 heavy (non-hydrogen) atoms. The quantitative estimate of drug-likeness (QED) is 0.285. The van der Waals surface area contributed by atoms with Crippen molar-refractivity contribution in [2.75, 3.05) is 5.32 Å². The Morgan fingerprint density at radius 3 is 2.79 bits per heavy atom. The van der Waals surface area contributed by atoms with Gasteiger partial charge in [0, 0.05) is 18.2 Å². The number of nitrogens with zero attached hydrogens (tertiary/aromatic N) is 2. The Hall–Kier alpha value is -2.84. The zero-order valence-corrected chi connectivity index (χ0v) is 13.7. The third-order valence-corrected chi connectivity index (χ3v) is 3.16. The predicted molar refractivity (Wildman–Crippen MR) is 95.7 cm³/mol. The number of aromatic nitrogens is 1. The van der Waals surface area contributed by atoms with E-state index < -0.39 is 10.8 Å². The van der Waals surface area contributed by atoms with E-state index in [9.17, 15) is 14.9 Å². The van der Waals surface area contributed by atoms with Crippen LogP contribution in [0.4, 0.5) is 11.4 Å². The van der Waals surface area contributed by atoms with Gasteiger partial charge in [-0.1, -0.05) is 23.7 Å². The standard InChI is InChI=1S/C15H11ClN4O3S/c16-13-6-5-11(9-17-13)18-15(24)19-14(21)7-4-10-2-1-3-12(8-10)20(22)23/h1-9H,(H2,18,19,21,24)/b7-4+. The summed E-state index contributed by atoms with van der Waals surface area (Å²) in [7, 11) is 0. The van der Waals surface area contributed by atoms with Crippen LogP contribution >= 0.6 is 23.8 Å². The van der Waals surface area contributed by atoms with E-state index in [1.54, 1.807) is 18.2 Å². The van der Waals surface area contributed by atoms with E-state index in [-0.39, 0.29) is 10.8 Å². The van der Waals surface area contributed by atoms with Crippen molar-refractivity contribution in [1.82, 2.24) is 10.3 Å². The first-order valence-corrected chi connectivity index (χ1v) is 7.39. The van der Waals surface area contributed by atoms with Crippen LogP contribution in [0.25, 0.3) is 6.08 Å². The highest BCUT2D eigenvalue weighted by Crippen LogP contribution is 2.14. The molecule has 1 aromatic carbocycles. The number of carbonyl (C=O) groups is 1. The van der Waals surface area contributed by atoms with Crippen LogP contribution in [0.3, 0.4) is 0 Å². The first-order valence-electron chi connectivity index (χ1n) is 6.60. The maximum atomic E-state index is 11.8. The van der Waals surface area contributed by atoms with Crippen molar-refractivity contribution >= 4 is 52.3 Å².